The smallest absolute Gasteiger partial charge is 0.261 e. The van der Waals surface area contributed by atoms with Crippen LogP contribution in [0.5, 0.6) is 5.75 Å². The van der Waals surface area contributed by atoms with Gasteiger partial charge >= 0.3 is 0 Å². The largest absolute Gasteiger partial charge is 0.493 e. The predicted molar refractivity (Wildman–Crippen MR) is 68.0 cm³/mol. The molecule has 90 valence electrons. The molecule has 0 bridgehead atoms. The normalized spacial score (nSPS) is 11.4. The Bertz CT molecular complexity index is 414. The van der Waals surface area contributed by atoms with Crippen LogP contribution < -0.4 is 4.74 Å². The highest BCUT2D eigenvalue weighted by Gasteiger charge is 2.08. The molecule has 0 heterocycles. The summed E-state index contributed by atoms with van der Waals surface area (Å²) in [6, 6.07) is 6.08. The first-order valence-corrected chi connectivity index (χ1v) is 8.25. The maximum Gasteiger partial charge on any atom is 0.261 e. The number of thioether (sulfide) groups is 1. The van der Waals surface area contributed by atoms with Gasteiger partial charge in [-0.3, -0.25) is 0 Å². The Labute approximate surface area is 105 Å². The SMILES string of the molecule is CCSCCOc1ccc(S(=O)(=O)Cl)cc1. The van der Waals surface area contributed by atoms with Crippen molar-refractivity contribution in [2.75, 3.05) is 18.1 Å². The van der Waals surface area contributed by atoms with Gasteiger partial charge in [-0.2, -0.15) is 11.8 Å². The zero-order valence-electron chi connectivity index (χ0n) is 8.85. The van der Waals surface area contributed by atoms with Gasteiger partial charge in [-0.1, -0.05) is 6.92 Å². The van der Waals surface area contributed by atoms with Crippen LogP contribution in [-0.2, 0) is 9.05 Å². The van der Waals surface area contributed by atoms with Gasteiger partial charge in [0.1, 0.15) is 5.75 Å². The number of rotatable bonds is 6. The van der Waals surface area contributed by atoms with Crippen molar-refractivity contribution in [3.05, 3.63) is 24.3 Å². The van der Waals surface area contributed by atoms with Crippen molar-refractivity contribution < 1.29 is 13.2 Å². The van der Waals surface area contributed by atoms with Gasteiger partial charge in [-0.25, -0.2) is 8.42 Å². The van der Waals surface area contributed by atoms with Gasteiger partial charge in [0, 0.05) is 16.4 Å². The zero-order valence-corrected chi connectivity index (χ0v) is 11.2. The molecule has 0 spiro atoms. The Morgan fingerprint density at radius 2 is 1.94 bits per heavy atom. The Morgan fingerprint density at radius 1 is 1.31 bits per heavy atom. The third-order valence-corrected chi connectivity index (χ3v) is 4.04. The van der Waals surface area contributed by atoms with Crippen LogP contribution >= 0.6 is 22.4 Å². The molecule has 0 fully saturated rings. The van der Waals surface area contributed by atoms with Gasteiger partial charge in [0.25, 0.3) is 9.05 Å². The van der Waals surface area contributed by atoms with Crippen LogP contribution in [-0.4, -0.2) is 26.5 Å². The molecule has 0 aliphatic rings. The van der Waals surface area contributed by atoms with E-state index in [1.165, 1.54) is 12.1 Å². The minimum atomic E-state index is -3.64. The van der Waals surface area contributed by atoms with Crippen LogP contribution in [0.2, 0.25) is 0 Å². The second kappa shape index (κ2) is 6.37. The first-order valence-electron chi connectivity index (χ1n) is 4.79. The molecule has 0 aliphatic carbocycles. The average molecular weight is 281 g/mol. The van der Waals surface area contributed by atoms with Gasteiger partial charge in [0.2, 0.25) is 0 Å². The summed E-state index contributed by atoms with van der Waals surface area (Å²) in [6.07, 6.45) is 0. The molecule has 0 aliphatic heterocycles. The quantitative estimate of drug-likeness (QED) is 0.594. The van der Waals surface area contributed by atoms with Crippen LogP contribution in [0.1, 0.15) is 6.92 Å². The van der Waals surface area contributed by atoms with Gasteiger partial charge in [-0.05, 0) is 30.0 Å². The van der Waals surface area contributed by atoms with E-state index in [1.807, 2.05) is 0 Å². The molecule has 0 aromatic heterocycles. The van der Waals surface area contributed by atoms with Crippen molar-refractivity contribution in [1.29, 1.82) is 0 Å². The number of hydrogen-bond acceptors (Lipinski definition) is 4. The molecule has 0 saturated carbocycles. The number of benzene rings is 1. The summed E-state index contributed by atoms with van der Waals surface area (Å²) in [4.78, 5) is 0.0875. The average Bonchev–Trinajstić information content (AvgIpc) is 2.24. The van der Waals surface area contributed by atoms with Crippen LogP contribution in [0, 0.1) is 0 Å². The van der Waals surface area contributed by atoms with Crippen LogP contribution in [0.15, 0.2) is 29.2 Å². The lowest BCUT2D eigenvalue weighted by Gasteiger charge is -2.05. The van der Waals surface area contributed by atoms with E-state index in [9.17, 15) is 8.42 Å². The number of hydrogen-bond donors (Lipinski definition) is 0. The summed E-state index contributed by atoms with van der Waals surface area (Å²) in [7, 11) is 1.55. The van der Waals surface area contributed by atoms with E-state index in [1.54, 1.807) is 23.9 Å². The Kier molecular flexibility index (Phi) is 5.44. The second-order valence-corrected chi connectivity index (χ2v) is 6.91. The summed E-state index contributed by atoms with van der Waals surface area (Å²) < 4.78 is 27.3. The molecular weight excluding hydrogens is 268 g/mol. The van der Waals surface area contributed by atoms with Crippen LogP contribution in [0.3, 0.4) is 0 Å². The Hall–Kier alpha value is -0.390. The van der Waals surface area contributed by atoms with Gasteiger partial charge in [-0.15, -0.1) is 0 Å². The van der Waals surface area contributed by atoms with Crippen LogP contribution in [0.25, 0.3) is 0 Å². The lowest BCUT2D eigenvalue weighted by atomic mass is 10.3. The molecular formula is C10H13ClO3S2. The van der Waals surface area contributed by atoms with Crippen molar-refractivity contribution in [2.24, 2.45) is 0 Å². The minimum absolute atomic E-state index is 0.0875. The Balaban J connectivity index is 2.52. The summed E-state index contributed by atoms with van der Waals surface area (Å²) in [6.45, 7) is 2.70. The van der Waals surface area contributed by atoms with Crippen molar-refractivity contribution in [2.45, 2.75) is 11.8 Å². The second-order valence-electron chi connectivity index (χ2n) is 2.95. The molecule has 16 heavy (non-hydrogen) atoms. The van der Waals surface area contributed by atoms with Crippen LogP contribution in [0.4, 0.5) is 0 Å². The monoisotopic (exact) mass is 280 g/mol. The summed E-state index contributed by atoms with van der Waals surface area (Å²) in [5.74, 6) is 2.64. The van der Waals surface area contributed by atoms with E-state index in [4.69, 9.17) is 15.4 Å². The summed E-state index contributed by atoms with van der Waals surface area (Å²) in [5, 5.41) is 0. The molecule has 3 nitrogen and oxygen atoms in total. The third kappa shape index (κ3) is 4.63. The van der Waals surface area contributed by atoms with Gasteiger partial charge < -0.3 is 4.74 Å². The molecule has 0 N–H and O–H groups in total. The number of ether oxygens (including phenoxy) is 1. The molecule has 1 aromatic carbocycles. The fraction of sp³-hybridized carbons (Fsp3) is 0.400. The fourth-order valence-electron chi connectivity index (χ4n) is 1.06. The highest BCUT2D eigenvalue weighted by Crippen LogP contribution is 2.19. The highest BCUT2D eigenvalue weighted by molar-refractivity contribution is 8.13. The van der Waals surface area contributed by atoms with Crippen molar-refractivity contribution in [1.82, 2.24) is 0 Å². The molecule has 6 heteroatoms. The van der Waals surface area contributed by atoms with Crippen molar-refractivity contribution in [3.8, 4) is 5.75 Å². The van der Waals surface area contributed by atoms with Crippen molar-refractivity contribution >= 4 is 31.5 Å². The van der Waals surface area contributed by atoms with E-state index in [0.29, 0.717) is 12.4 Å². The first kappa shape index (κ1) is 13.7. The molecule has 1 rings (SSSR count). The zero-order chi connectivity index (χ0) is 12.0. The molecule has 0 unspecified atom stereocenters. The fourth-order valence-corrected chi connectivity index (χ4v) is 2.32. The lowest BCUT2D eigenvalue weighted by molar-refractivity contribution is 0.343. The molecule has 0 atom stereocenters. The Morgan fingerprint density at radius 3 is 2.44 bits per heavy atom. The predicted octanol–water partition coefficient (Wildman–Crippen LogP) is 2.75. The summed E-state index contributed by atoms with van der Waals surface area (Å²) >= 11 is 1.79. The van der Waals surface area contributed by atoms with E-state index in [2.05, 4.69) is 6.92 Å². The van der Waals surface area contributed by atoms with E-state index >= 15 is 0 Å². The van der Waals surface area contributed by atoms with E-state index in [0.717, 1.165) is 11.5 Å². The molecule has 1 aromatic rings. The third-order valence-electron chi connectivity index (χ3n) is 1.81. The number of halogens is 1. The van der Waals surface area contributed by atoms with Gasteiger partial charge in [0.15, 0.2) is 0 Å². The molecule has 0 radical (unpaired) electrons. The highest BCUT2D eigenvalue weighted by atomic mass is 35.7. The minimum Gasteiger partial charge on any atom is -0.493 e. The summed E-state index contributed by atoms with van der Waals surface area (Å²) in [5.41, 5.74) is 0. The first-order chi connectivity index (χ1) is 7.54. The molecule has 0 amide bonds. The van der Waals surface area contributed by atoms with Crippen molar-refractivity contribution in [3.63, 3.8) is 0 Å². The lowest BCUT2D eigenvalue weighted by Crippen LogP contribution is -2.00. The maximum atomic E-state index is 11.0. The topological polar surface area (TPSA) is 43.4 Å². The maximum absolute atomic E-state index is 11.0. The van der Waals surface area contributed by atoms with E-state index in [-0.39, 0.29) is 4.90 Å². The van der Waals surface area contributed by atoms with Gasteiger partial charge in [0.05, 0.1) is 11.5 Å². The van der Waals surface area contributed by atoms with E-state index < -0.39 is 9.05 Å². The molecule has 0 saturated heterocycles. The standard InChI is InChI=1S/C10H13ClO3S2/c1-2-15-8-7-14-9-3-5-10(6-4-9)16(11,12)13/h3-6H,2,7-8H2,1H3.